The van der Waals surface area contributed by atoms with Gasteiger partial charge in [-0.3, -0.25) is 0 Å². The van der Waals surface area contributed by atoms with Crippen LogP contribution in [0.5, 0.6) is 0 Å². The summed E-state index contributed by atoms with van der Waals surface area (Å²) < 4.78 is 5.04. The van der Waals surface area contributed by atoms with E-state index in [1.165, 1.54) is 69.8 Å². The number of nitrogens with zero attached hydrogens (tertiary/aromatic N) is 2. The predicted octanol–water partition coefficient (Wildman–Crippen LogP) is 15.6. The van der Waals surface area contributed by atoms with Gasteiger partial charge in [0.1, 0.15) is 0 Å². The SMILES string of the molecule is c1ccc(-c2ccccc2-c2cccc(-n3c4ccccc4c4c(N(c5ccc6sc7ccccc7c6c5)c5ccccc5-c5ccccc5)cccc43)c2)cc1. The number of anilines is 3. The van der Waals surface area contributed by atoms with Gasteiger partial charge in [-0.25, -0.2) is 0 Å². The molecule has 9 aromatic carbocycles. The minimum absolute atomic E-state index is 1.12. The van der Waals surface area contributed by atoms with Crippen molar-refractivity contribution in [3.8, 4) is 39.1 Å². The normalized spacial score (nSPS) is 11.5. The molecule has 0 amide bonds. The Kier molecular flexibility index (Phi) is 8.04. The molecule has 0 unspecified atom stereocenters. The maximum absolute atomic E-state index is 2.49. The highest BCUT2D eigenvalue weighted by atomic mass is 32.1. The van der Waals surface area contributed by atoms with Crippen molar-refractivity contribution in [1.82, 2.24) is 4.57 Å². The van der Waals surface area contributed by atoms with Crippen molar-refractivity contribution >= 4 is 70.4 Å². The first kappa shape index (κ1) is 33.2. The summed E-state index contributed by atoms with van der Waals surface area (Å²) in [5.41, 5.74) is 14.0. The lowest BCUT2D eigenvalue weighted by Crippen LogP contribution is -2.11. The number of benzene rings is 9. The second-order valence-electron chi connectivity index (χ2n) is 14.5. The van der Waals surface area contributed by atoms with E-state index in [9.17, 15) is 0 Å². The summed E-state index contributed by atoms with van der Waals surface area (Å²) in [6.07, 6.45) is 0. The van der Waals surface area contributed by atoms with Gasteiger partial charge in [0.15, 0.2) is 0 Å². The second kappa shape index (κ2) is 13.8. The van der Waals surface area contributed by atoms with Gasteiger partial charge in [-0.05, 0) is 88.5 Å². The zero-order valence-corrected chi connectivity index (χ0v) is 31.9. The summed E-state index contributed by atoms with van der Waals surface area (Å²) in [6.45, 7) is 0. The van der Waals surface area contributed by atoms with Gasteiger partial charge < -0.3 is 9.47 Å². The fourth-order valence-electron chi connectivity index (χ4n) is 8.67. The van der Waals surface area contributed by atoms with Crippen molar-refractivity contribution in [2.24, 2.45) is 0 Å². The Morgan fingerprint density at radius 2 is 0.912 bits per heavy atom. The minimum Gasteiger partial charge on any atom is -0.309 e. The fraction of sp³-hybridized carbons (Fsp3) is 0. The molecular formula is C54H36N2S. The quantitative estimate of drug-likeness (QED) is 0.158. The van der Waals surface area contributed by atoms with Crippen molar-refractivity contribution in [3.63, 3.8) is 0 Å². The molecule has 11 rings (SSSR count). The molecule has 11 aromatic rings. The average Bonchev–Trinajstić information content (AvgIpc) is 3.83. The highest BCUT2D eigenvalue weighted by Crippen LogP contribution is 2.48. The van der Waals surface area contributed by atoms with Crippen LogP contribution in [0.15, 0.2) is 218 Å². The summed E-state index contributed by atoms with van der Waals surface area (Å²) in [5, 5.41) is 4.99. The maximum Gasteiger partial charge on any atom is 0.0562 e. The lowest BCUT2D eigenvalue weighted by atomic mass is 9.94. The third kappa shape index (κ3) is 5.63. The number of para-hydroxylation sites is 2. The van der Waals surface area contributed by atoms with Gasteiger partial charge in [-0.1, -0.05) is 158 Å². The molecule has 0 bridgehead atoms. The van der Waals surface area contributed by atoms with Crippen LogP contribution in [0.25, 0.3) is 81.0 Å². The summed E-state index contributed by atoms with van der Waals surface area (Å²) >= 11 is 1.86. The molecule has 0 N–H and O–H groups in total. The van der Waals surface area contributed by atoms with Crippen LogP contribution in [0.1, 0.15) is 0 Å². The Bertz CT molecular complexity index is 3250. The number of fused-ring (bicyclic) bond motifs is 6. The maximum atomic E-state index is 2.49. The molecule has 268 valence electrons. The van der Waals surface area contributed by atoms with Gasteiger partial charge >= 0.3 is 0 Å². The first-order valence-electron chi connectivity index (χ1n) is 19.4. The highest BCUT2D eigenvalue weighted by Gasteiger charge is 2.24. The van der Waals surface area contributed by atoms with Gasteiger partial charge in [-0.15, -0.1) is 11.3 Å². The van der Waals surface area contributed by atoms with Gasteiger partial charge in [0.25, 0.3) is 0 Å². The molecule has 2 heterocycles. The van der Waals surface area contributed by atoms with E-state index in [2.05, 4.69) is 228 Å². The number of aromatic nitrogens is 1. The lowest BCUT2D eigenvalue weighted by molar-refractivity contribution is 1.18. The molecule has 0 aliphatic carbocycles. The Hall–Kier alpha value is -7.20. The molecule has 57 heavy (non-hydrogen) atoms. The van der Waals surface area contributed by atoms with Crippen LogP contribution in [0.3, 0.4) is 0 Å². The molecule has 2 aromatic heterocycles. The number of thiophene rings is 1. The number of hydrogen-bond donors (Lipinski definition) is 0. The molecule has 0 radical (unpaired) electrons. The highest BCUT2D eigenvalue weighted by molar-refractivity contribution is 7.25. The monoisotopic (exact) mass is 744 g/mol. The minimum atomic E-state index is 1.12. The van der Waals surface area contributed by atoms with Crippen molar-refractivity contribution in [2.45, 2.75) is 0 Å². The van der Waals surface area contributed by atoms with Crippen LogP contribution < -0.4 is 4.90 Å². The molecular weight excluding hydrogens is 709 g/mol. The summed E-state index contributed by atoms with van der Waals surface area (Å²) in [5.74, 6) is 0. The summed E-state index contributed by atoms with van der Waals surface area (Å²) in [7, 11) is 0. The third-order valence-electron chi connectivity index (χ3n) is 11.2. The second-order valence-corrected chi connectivity index (χ2v) is 15.6. The topological polar surface area (TPSA) is 8.17 Å². The van der Waals surface area contributed by atoms with Gasteiger partial charge in [0.05, 0.1) is 22.4 Å². The zero-order chi connectivity index (χ0) is 37.7. The Morgan fingerprint density at radius 1 is 0.351 bits per heavy atom. The fourth-order valence-corrected chi connectivity index (χ4v) is 9.76. The van der Waals surface area contributed by atoms with Crippen molar-refractivity contribution in [3.05, 3.63) is 218 Å². The largest absolute Gasteiger partial charge is 0.309 e. The molecule has 0 spiro atoms. The van der Waals surface area contributed by atoms with E-state index in [0.29, 0.717) is 0 Å². The number of hydrogen-bond acceptors (Lipinski definition) is 2. The molecule has 0 aliphatic rings. The van der Waals surface area contributed by atoms with Crippen LogP contribution in [0.2, 0.25) is 0 Å². The van der Waals surface area contributed by atoms with Crippen molar-refractivity contribution < 1.29 is 0 Å². The van der Waals surface area contributed by atoms with Crippen LogP contribution in [-0.4, -0.2) is 4.57 Å². The summed E-state index contributed by atoms with van der Waals surface area (Å²) in [4.78, 5) is 2.49. The molecule has 0 aliphatic heterocycles. The van der Waals surface area contributed by atoms with E-state index in [1.807, 2.05) is 11.3 Å². The van der Waals surface area contributed by atoms with Crippen LogP contribution in [0, 0.1) is 0 Å². The van der Waals surface area contributed by atoms with Gasteiger partial charge in [0, 0.05) is 47.9 Å². The molecule has 0 fully saturated rings. The lowest BCUT2D eigenvalue weighted by Gasteiger charge is -2.29. The van der Waals surface area contributed by atoms with Gasteiger partial charge in [-0.2, -0.15) is 0 Å². The molecule has 2 nitrogen and oxygen atoms in total. The van der Waals surface area contributed by atoms with Crippen molar-refractivity contribution in [2.75, 3.05) is 4.90 Å². The standard InChI is InChI=1S/C54H36N2S/c1-3-17-37(18-4-1)42-23-7-8-24-43(42)39-21-15-22-40(35-39)55-49-29-13-10-27-46(49)54-50(55)30-16-31-51(54)56(48-28-12-9-25-44(48)38-19-5-2-6-20-38)41-33-34-53-47(36-41)45-26-11-14-32-52(45)57-53/h1-36H. The van der Waals surface area contributed by atoms with Crippen molar-refractivity contribution in [1.29, 1.82) is 0 Å². The molecule has 0 saturated carbocycles. The van der Waals surface area contributed by atoms with E-state index < -0.39 is 0 Å². The van der Waals surface area contributed by atoms with E-state index >= 15 is 0 Å². The predicted molar refractivity (Wildman–Crippen MR) is 245 cm³/mol. The van der Waals surface area contributed by atoms with E-state index in [1.54, 1.807) is 0 Å². The smallest absolute Gasteiger partial charge is 0.0562 e. The van der Waals surface area contributed by atoms with E-state index in [-0.39, 0.29) is 0 Å². The first-order valence-corrected chi connectivity index (χ1v) is 20.3. The van der Waals surface area contributed by atoms with Gasteiger partial charge in [0.2, 0.25) is 0 Å². The Labute approximate surface area is 335 Å². The van der Waals surface area contributed by atoms with E-state index in [0.717, 1.165) is 28.3 Å². The average molecular weight is 745 g/mol. The van der Waals surface area contributed by atoms with E-state index in [4.69, 9.17) is 0 Å². The zero-order valence-electron chi connectivity index (χ0n) is 31.1. The number of rotatable bonds is 7. The molecule has 0 saturated heterocycles. The van der Waals surface area contributed by atoms with Crippen LogP contribution >= 0.6 is 11.3 Å². The Morgan fingerprint density at radius 3 is 1.72 bits per heavy atom. The molecule has 0 atom stereocenters. The molecule has 3 heteroatoms. The Balaban J connectivity index is 1.17. The first-order chi connectivity index (χ1) is 28.3. The van der Waals surface area contributed by atoms with Crippen LogP contribution in [0.4, 0.5) is 17.1 Å². The van der Waals surface area contributed by atoms with Crippen LogP contribution in [-0.2, 0) is 0 Å². The summed E-state index contributed by atoms with van der Waals surface area (Å²) in [6, 6.07) is 79.4. The third-order valence-corrected chi connectivity index (χ3v) is 12.3.